The maximum atomic E-state index is 12.1. The lowest BCUT2D eigenvalue weighted by Crippen LogP contribution is -2.00. The van der Waals surface area contributed by atoms with Gasteiger partial charge in [-0.15, -0.1) is 0 Å². The normalized spacial score (nSPS) is 10.3. The first-order chi connectivity index (χ1) is 10.2. The molecule has 2 aromatic rings. The van der Waals surface area contributed by atoms with Crippen molar-refractivity contribution in [1.29, 1.82) is 0 Å². The third-order valence-corrected chi connectivity index (χ3v) is 3.46. The van der Waals surface area contributed by atoms with E-state index < -0.39 is 0 Å². The summed E-state index contributed by atoms with van der Waals surface area (Å²) in [5.74, 6) is 0.477. The molecule has 0 radical (unpaired) electrons. The SMILES string of the molecule is COc1cc(C(=O)CCCCc2ccccc2)ccc1O. The number of benzene rings is 2. The maximum absolute atomic E-state index is 12.1. The summed E-state index contributed by atoms with van der Waals surface area (Å²) in [5.41, 5.74) is 1.89. The van der Waals surface area contributed by atoms with Gasteiger partial charge in [0.05, 0.1) is 7.11 Å². The van der Waals surface area contributed by atoms with E-state index in [9.17, 15) is 9.90 Å². The number of carbonyl (C=O) groups excluding carboxylic acids is 1. The van der Waals surface area contributed by atoms with Crippen molar-refractivity contribution in [2.45, 2.75) is 25.7 Å². The minimum absolute atomic E-state index is 0.0538. The van der Waals surface area contributed by atoms with Crippen LogP contribution in [0.25, 0.3) is 0 Å². The van der Waals surface area contributed by atoms with Crippen LogP contribution in [0.1, 0.15) is 35.2 Å². The van der Waals surface area contributed by atoms with Crippen LogP contribution in [0.3, 0.4) is 0 Å². The summed E-state index contributed by atoms with van der Waals surface area (Å²) in [7, 11) is 1.48. The monoisotopic (exact) mass is 284 g/mol. The van der Waals surface area contributed by atoms with E-state index >= 15 is 0 Å². The maximum Gasteiger partial charge on any atom is 0.163 e. The molecule has 0 heterocycles. The number of ether oxygens (including phenoxy) is 1. The molecule has 21 heavy (non-hydrogen) atoms. The number of ketones is 1. The second-order valence-corrected chi connectivity index (χ2v) is 5.00. The van der Waals surface area contributed by atoms with Crippen molar-refractivity contribution in [2.75, 3.05) is 7.11 Å². The molecule has 3 heteroatoms. The third kappa shape index (κ3) is 4.35. The summed E-state index contributed by atoms with van der Waals surface area (Å²) in [5, 5.41) is 9.52. The third-order valence-electron chi connectivity index (χ3n) is 3.46. The molecule has 1 N–H and O–H groups in total. The van der Waals surface area contributed by atoms with Gasteiger partial charge >= 0.3 is 0 Å². The fourth-order valence-electron chi connectivity index (χ4n) is 2.25. The van der Waals surface area contributed by atoms with Gasteiger partial charge in [0.2, 0.25) is 0 Å². The van der Waals surface area contributed by atoms with Crippen LogP contribution in [-0.2, 0) is 6.42 Å². The lowest BCUT2D eigenvalue weighted by atomic mass is 10.0. The molecule has 2 rings (SSSR count). The lowest BCUT2D eigenvalue weighted by Gasteiger charge is -2.06. The van der Waals surface area contributed by atoms with Gasteiger partial charge in [0.25, 0.3) is 0 Å². The Balaban J connectivity index is 1.82. The topological polar surface area (TPSA) is 46.5 Å². The van der Waals surface area contributed by atoms with Gasteiger partial charge in [-0.25, -0.2) is 0 Å². The number of hydrogen-bond acceptors (Lipinski definition) is 3. The molecule has 3 nitrogen and oxygen atoms in total. The van der Waals surface area contributed by atoms with E-state index in [1.54, 1.807) is 12.1 Å². The van der Waals surface area contributed by atoms with Crippen LogP contribution in [0.15, 0.2) is 48.5 Å². The van der Waals surface area contributed by atoms with Gasteiger partial charge in [-0.2, -0.15) is 0 Å². The molecule has 0 saturated heterocycles. The number of hydrogen-bond donors (Lipinski definition) is 1. The quantitative estimate of drug-likeness (QED) is 0.617. The largest absolute Gasteiger partial charge is 0.504 e. The first-order valence-electron chi connectivity index (χ1n) is 7.15. The molecule has 0 spiro atoms. The van der Waals surface area contributed by atoms with Crippen molar-refractivity contribution >= 4 is 5.78 Å². The van der Waals surface area contributed by atoms with Crippen LogP contribution in [0, 0.1) is 0 Å². The number of Topliss-reactive ketones (excluding diaryl/α,β-unsaturated/α-hetero) is 1. The van der Waals surface area contributed by atoms with E-state index in [0.717, 1.165) is 19.3 Å². The van der Waals surface area contributed by atoms with Crippen molar-refractivity contribution in [2.24, 2.45) is 0 Å². The Labute approximate surface area is 125 Å². The Morgan fingerprint density at radius 3 is 2.57 bits per heavy atom. The summed E-state index contributed by atoms with van der Waals surface area (Å²) < 4.78 is 5.02. The average molecular weight is 284 g/mol. The number of methoxy groups -OCH3 is 1. The van der Waals surface area contributed by atoms with Crippen LogP contribution in [-0.4, -0.2) is 18.0 Å². The standard InChI is InChI=1S/C18H20O3/c1-21-18-13-15(11-12-17(18)20)16(19)10-6-5-9-14-7-3-2-4-8-14/h2-4,7-8,11-13,20H,5-6,9-10H2,1H3. The number of phenolic OH excluding ortho intramolecular Hbond substituents is 1. The molecule has 0 unspecified atom stereocenters. The fraction of sp³-hybridized carbons (Fsp3) is 0.278. The van der Waals surface area contributed by atoms with E-state index in [1.165, 1.54) is 18.7 Å². The number of carbonyl (C=O) groups is 1. The minimum atomic E-state index is 0.0538. The number of aryl methyl sites for hydroxylation is 1. The Morgan fingerprint density at radius 2 is 1.86 bits per heavy atom. The van der Waals surface area contributed by atoms with Gasteiger partial charge in [0.15, 0.2) is 17.3 Å². The number of aromatic hydroxyl groups is 1. The van der Waals surface area contributed by atoms with Gasteiger partial charge in [-0.3, -0.25) is 4.79 Å². The Kier molecular flexibility index (Phi) is 5.38. The molecule has 0 atom stereocenters. The second kappa shape index (κ2) is 7.48. The summed E-state index contributed by atoms with van der Waals surface area (Å²) in [4.78, 5) is 12.1. The van der Waals surface area contributed by atoms with Crippen LogP contribution in [0.4, 0.5) is 0 Å². The molecule has 0 amide bonds. The van der Waals surface area contributed by atoms with Gasteiger partial charge in [-0.05, 0) is 43.0 Å². The van der Waals surface area contributed by atoms with Gasteiger partial charge in [0, 0.05) is 12.0 Å². The summed E-state index contributed by atoms with van der Waals surface area (Å²) in [6, 6.07) is 15.0. The van der Waals surface area contributed by atoms with E-state index in [1.807, 2.05) is 18.2 Å². The van der Waals surface area contributed by atoms with Gasteiger partial charge in [0.1, 0.15) is 0 Å². The zero-order chi connectivity index (χ0) is 15.1. The molecule has 0 saturated carbocycles. The van der Waals surface area contributed by atoms with Crippen LogP contribution in [0.5, 0.6) is 11.5 Å². The molecule has 110 valence electrons. The molecular formula is C18H20O3. The predicted molar refractivity (Wildman–Crippen MR) is 83.0 cm³/mol. The second-order valence-electron chi connectivity index (χ2n) is 5.00. The van der Waals surface area contributed by atoms with Crippen molar-refractivity contribution < 1.29 is 14.6 Å². The smallest absolute Gasteiger partial charge is 0.163 e. The Morgan fingerprint density at radius 1 is 1.10 bits per heavy atom. The van der Waals surface area contributed by atoms with E-state index in [0.29, 0.717) is 17.7 Å². The van der Waals surface area contributed by atoms with E-state index in [4.69, 9.17) is 4.74 Å². The highest BCUT2D eigenvalue weighted by atomic mass is 16.5. The highest BCUT2D eigenvalue weighted by Gasteiger charge is 2.09. The van der Waals surface area contributed by atoms with Crippen LogP contribution >= 0.6 is 0 Å². The van der Waals surface area contributed by atoms with E-state index in [-0.39, 0.29) is 11.5 Å². The first-order valence-corrected chi connectivity index (χ1v) is 7.15. The number of unbranched alkanes of at least 4 members (excludes halogenated alkanes) is 1. The van der Waals surface area contributed by atoms with Crippen molar-refractivity contribution in [3.63, 3.8) is 0 Å². The lowest BCUT2D eigenvalue weighted by molar-refractivity contribution is 0.0979. The zero-order valence-corrected chi connectivity index (χ0v) is 12.2. The van der Waals surface area contributed by atoms with Crippen molar-refractivity contribution in [3.8, 4) is 11.5 Å². The molecular weight excluding hydrogens is 264 g/mol. The zero-order valence-electron chi connectivity index (χ0n) is 12.2. The number of phenols is 1. The summed E-state index contributed by atoms with van der Waals surface area (Å²) in [6.45, 7) is 0. The van der Waals surface area contributed by atoms with Gasteiger partial charge < -0.3 is 9.84 Å². The summed E-state index contributed by atoms with van der Waals surface area (Å²) in [6.07, 6.45) is 3.36. The fourth-order valence-corrected chi connectivity index (χ4v) is 2.25. The van der Waals surface area contributed by atoms with Crippen molar-refractivity contribution in [3.05, 3.63) is 59.7 Å². The minimum Gasteiger partial charge on any atom is -0.504 e. The Bertz CT molecular complexity index is 591. The average Bonchev–Trinajstić information content (AvgIpc) is 2.53. The summed E-state index contributed by atoms with van der Waals surface area (Å²) >= 11 is 0. The van der Waals surface area contributed by atoms with Crippen LogP contribution in [0.2, 0.25) is 0 Å². The molecule has 2 aromatic carbocycles. The molecule has 0 fully saturated rings. The molecule has 0 aliphatic rings. The molecule has 0 bridgehead atoms. The predicted octanol–water partition coefficient (Wildman–Crippen LogP) is 4.00. The highest BCUT2D eigenvalue weighted by molar-refractivity contribution is 5.96. The molecule has 0 aliphatic carbocycles. The van der Waals surface area contributed by atoms with Gasteiger partial charge in [-0.1, -0.05) is 30.3 Å². The van der Waals surface area contributed by atoms with E-state index in [2.05, 4.69) is 12.1 Å². The molecule has 0 aromatic heterocycles. The number of rotatable bonds is 7. The first kappa shape index (κ1) is 15.1. The molecule has 0 aliphatic heterocycles. The van der Waals surface area contributed by atoms with Crippen molar-refractivity contribution in [1.82, 2.24) is 0 Å². The van der Waals surface area contributed by atoms with Crippen LogP contribution < -0.4 is 4.74 Å². The highest BCUT2D eigenvalue weighted by Crippen LogP contribution is 2.27. The Hall–Kier alpha value is -2.29.